The maximum Gasteiger partial charge on any atom is 0.336 e. The number of methoxy groups -OCH3 is 1. The van der Waals surface area contributed by atoms with Crippen LogP contribution in [0.5, 0.6) is 11.5 Å². The Balaban J connectivity index is 2.05. The van der Waals surface area contributed by atoms with E-state index in [1.54, 1.807) is 13.2 Å². The second-order valence-corrected chi connectivity index (χ2v) is 6.06. The van der Waals surface area contributed by atoms with E-state index in [1.807, 2.05) is 30.3 Å². The molecule has 6 nitrogen and oxygen atoms in total. The number of carbonyl (C=O) groups excluding carboxylic acids is 1. The van der Waals surface area contributed by atoms with E-state index in [4.69, 9.17) is 9.47 Å². The van der Waals surface area contributed by atoms with Crippen molar-refractivity contribution in [2.75, 3.05) is 7.11 Å². The average molecular weight is 381 g/mol. The first kappa shape index (κ1) is 20.9. The third-order valence-corrected chi connectivity index (χ3v) is 4.06. The Labute approximate surface area is 164 Å². The summed E-state index contributed by atoms with van der Waals surface area (Å²) in [7, 11) is 1.63. The molecule has 0 saturated heterocycles. The number of ether oxygens (including phenoxy) is 2. The van der Waals surface area contributed by atoms with Crippen LogP contribution in [0.15, 0.2) is 66.8 Å². The summed E-state index contributed by atoms with van der Waals surface area (Å²) >= 11 is 0. The van der Waals surface area contributed by atoms with E-state index >= 15 is 0 Å². The summed E-state index contributed by atoms with van der Waals surface area (Å²) < 4.78 is 10.3. The molecule has 0 saturated carbocycles. The third kappa shape index (κ3) is 6.39. The Morgan fingerprint density at radius 1 is 1.07 bits per heavy atom. The van der Waals surface area contributed by atoms with Gasteiger partial charge in [0.2, 0.25) is 0 Å². The molecule has 0 atom stereocenters. The van der Waals surface area contributed by atoms with Gasteiger partial charge in [-0.2, -0.15) is 0 Å². The van der Waals surface area contributed by atoms with Gasteiger partial charge in [0.05, 0.1) is 12.0 Å². The molecule has 0 fully saturated rings. The minimum Gasteiger partial charge on any atom is -0.497 e. The number of esters is 1. The van der Waals surface area contributed by atoms with Crippen LogP contribution in [0.3, 0.4) is 0 Å². The quantitative estimate of drug-likeness (QED) is 0.146. The highest BCUT2D eigenvalue weighted by Gasteiger charge is 2.06. The second-order valence-electron chi connectivity index (χ2n) is 6.06. The number of allylic oxidation sites excluding steroid dienone is 3. The van der Waals surface area contributed by atoms with Gasteiger partial charge in [0, 0.05) is 18.2 Å². The lowest BCUT2D eigenvalue weighted by Crippen LogP contribution is -2.03. The van der Waals surface area contributed by atoms with Crippen molar-refractivity contribution in [3.05, 3.63) is 82.4 Å². The van der Waals surface area contributed by atoms with Gasteiger partial charge in [-0.05, 0) is 48.2 Å². The van der Waals surface area contributed by atoms with E-state index in [1.165, 1.54) is 30.3 Å². The molecular formula is C22H23NO5. The van der Waals surface area contributed by atoms with Gasteiger partial charge >= 0.3 is 5.97 Å². The Morgan fingerprint density at radius 3 is 2.29 bits per heavy atom. The summed E-state index contributed by atoms with van der Waals surface area (Å²) in [6.45, 7) is 2.13. The van der Waals surface area contributed by atoms with Crippen molar-refractivity contribution in [2.45, 2.75) is 26.2 Å². The predicted molar refractivity (Wildman–Crippen MR) is 108 cm³/mol. The molecule has 0 aromatic heterocycles. The molecule has 2 aromatic rings. The molecular weight excluding hydrogens is 358 g/mol. The standard InChI is InChI=1S/C22H23NO5/c1-3-4-6-17(18-9-13-20(27-2)14-10-18)7-5-8-22(24)28-21-15-11-19(12-16-21)23(25)26/h5,7-16H,3-4,6H2,1-2H3/b8-5+,17-7-. The zero-order valence-corrected chi connectivity index (χ0v) is 16.0. The molecule has 2 aromatic carbocycles. The fourth-order valence-electron chi connectivity index (χ4n) is 2.53. The third-order valence-electron chi connectivity index (χ3n) is 4.06. The minimum absolute atomic E-state index is 0.0571. The number of non-ortho nitro benzene ring substituents is 1. The van der Waals surface area contributed by atoms with Gasteiger partial charge in [-0.25, -0.2) is 4.79 Å². The van der Waals surface area contributed by atoms with Crippen LogP contribution >= 0.6 is 0 Å². The van der Waals surface area contributed by atoms with Gasteiger partial charge in [0.15, 0.2) is 0 Å². The molecule has 0 unspecified atom stereocenters. The number of nitro benzene ring substituents is 1. The van der Waals surface area contributed by atoms with Gasteiger partial charge in [-0.1, -0.05) is 37.6 Å². The smallest absolute Gasteiger partial charge is 0.336 e. The van der Waals surface area contributed by atoms with Crippen molar-refractivity contribution in [3.8, 4) is 11.5 Å². The molecule has 2 rings (SSSR count). The number of rotatable bonds is 9. The van der Waals surface area contributed by atoms with Crippen molar-refractivity contribution >= 4 is 17.2 Å². The van der Waals surface area contributed by atoms with Crippen molar-refractivity contribution in [3.63, 3.8) is 0 Å². The van der Waals surface area contributed by atoms with Gasteiger partial charge in [0.1, 0.15) is 11.5 Å². The van der Waals surface area contributed by atoms with Crippen LogP contribution in [0.2, 0.25) is 0 Å². The van der Waals surface area contributed by atoms with Crippen molar-refractivity contribution in [1.82, 2.24) is 0 Å². The topological polar surface area (TPSA) is 78.7 Å². The Morgan fingerprint density at radius 2 is 1.71 bits per heavy atom. The first-order valence-corrected chi connectivity index (χ1v) is 9.01. The molecule has 0 aliphatic rings. The average Bonchev–Trinajstić information content (AvgIpc) is 2.71. The molecule has 0 amide bonds. The molecule has 146 valence electrons. The number of benzene rings is 2. The second kappa shape index (κ2) is 10.7. The monoisotopic (exact) mass is 381 g/mol. The summed E-state index contributed by atoms with van der Waals surface area (Å²) in [5.74, 6) is 0.501. The Kier molecular flexibility index (Phi) is 7.96. The van der Waals surface area contributed by atoms with Gasteiger partial charge in [-0.15, -0.1) is 0 Å². The van der Waals surface area contributed by atoms with E-state index in [2.05, 4.69) is 6.92 Å². The van der Waals surface area contributed by atoms with Crippen LogP contribution in [0.1, 0.15) is 31.7 Å². The highest BCUT2D eigenvalue weighted by Crippen LogP contribution is 2.23. The van der Waals surface area contributed by atoms with Crippen LogP contribution in [0.4, 0.5) is 5.69 Å². The normalized spacial score (nSPS) is 11.4. The fourth-order valence-corrected chi connectivity index (χ4v) is 2.53. The summed E-state index contributed by atoms with van der Waals surface area (Å²) in [5.41, 5.74) is 2.13. The predicted octanol–water partition coefficient (Wildman–Crippen LogP) is 5.34. The molecule has 28 heavy (non-hydrogen) atoms. The van der Waals surface area contributed by atoms with Crippen molar-refractivity contribution in [1.29, 1.82) is 0 Å². The van der Waals surface area contributed by atoms with E-state index in [9.17, 15) is 14.9 Å². The molecule has 0 aliphatic carbocycles. The molecule has 0 heterocycles. The zero-order chi connectivity index (χ0) is 20.4. The van der Waals surface area contributed by atoms with E-state index in [0.29, 0.717) is 0 Å². The van der Waals surface area contributed by atoms with Crippen LogP contribution < -0.4 is 9.47 Å². The Hall–Kier alpha value is -3.41. The van der Waals surface area contributed by atoms with E-state index in [0.717, 1.165) is 36.1 Å². The molecule has 0 aliphatic heterocycles. The maximum absolute atomic E-state index is 12.0. The summed E-state index contributed by atoms with van der Waals surface area (Å²) in [4.78, 5) is 22.1. The fraction of sp³-hybridized carbons (Fsp3) is 0.227. The molecule has 0 N–H and O–H groups in total. The SMILES string of the molecule is CCCC/C(=C/C=C/C(=O)Oc1ccc([N+](=O)[O-])cc1)c1ccc(OC)cc1. The zero-order valence-electron chi connectivity index (χ0n) is 16.0. The first-order valence-electron chi connectivity index (χ1n) is 9.01. The van der Waals surface area contributed by atoms with E-state index < -0.39 is 10.9 Å². The number of hydrogen-bond acceptors (Lipinski definition) is 5. The van der Waals surface area contributed by atoms with Crippen LogP contribution in [-0.4, -0.2) is 18.0 Å². The van der Waals surface area contributed by atoms with Gasteiger partial charge < -0.3 is 9.47 Å². The molecule has 0 radical (unpaired) electrons. The number of unbranched alkanes of at least 4 members (excludes halogenated alkanes) is 1. The largest absolute Gasteiger partial charge is 0.497 e. The summed E-state index contributed by atoms with van der Waals surface area (Å²) in [6, 6.07) is 13.2. The highest BCUT2D eigenvalue weighted by atomic mass is 16.6. The van der Waals surface area contributed by atoms with Gasteiger partial charge in [0.25, 0.3) is 5.69 Å². The number of carbonyl (C=O) groups is 1. The Bertz CT molecular complexity index is 852. The lowest BCUT2D eigenvalue weighted by atomic mass is 9.99. The minimum atomic E-state index is -0.547. The lowest BCUT2D eigenvalue weighted by molar-refractivity contribution is -0.384. The van der Waals surface area contributed by atoms with Crippen molar-refractivity contribution in [2.24, 2.45) is 0 Å². The summed E-state index contributed by atoms with van der Waals surface area (Å²) in [6.07, 6.45) is 7.89. The number of nitrogens with zero attached hydrogens (tertiary/aromatic N) is 1. The highest BCUT2D eigenvalue weighted by molar-refractivity contribution is 5.85. The number of hydrogen-bond donors (Lipinski definition) is 0. The lowest BCUT2D eigenvalue weighted by Gasteiger charge is -2.08. The molecule has 0 spiro atoms. The van der Waals surface area contributed by atoms with Crippen LogP contribution in [0, 0.1) is 10.1 Å². The first-order chi connectivity index (χ1) is 13.5. The molecule has 0 bridgehead atoms. The molecule has 6 heteroatoms. The van der Waals surface area contributed by atoms with Crippen molar-refractivity contribution < 1.29 is 19.2 Å². The maximum atomic E-state index is 12.0. The number of nitro groups is 1. The van der Waals surface area contributed by atoms with E-state index in [-0.39, 0.29) is 11.4 Å². The van der Waals surface area contributed by atoms with Crippen LogP contribution in [-0.2, 0) is 4.79 Å². The summed E-state index contributed by atoms with van der Waals surface area (Å²) in [5, 5.41) is 10.6. The van der Waals surface area contributed by atoms with Crippen LogP contribution in [0.25, 0.3) is 5.57 Å². The van der Waals surface area contributed by atoms with Gasteiger partial charge in [-0.3, -0.25) is 10.1 Å².